The Morgan fingerprint density at radius 2 is 1.97 bits per heavy atom. The van der Waals surface area contributed by atoms with Gasteiger partial charge in [0.1, 0.15) is 6.04 Å². The summed E-state index contributed by atoms with van der Waals surface area (Å²) in [6.45, 7) is 1.72. The molecule has 2 aromatic carbocycles. The number of carbonyl (C=O) groups excluding carboxylic acids is 1. The van der Waals surface area contributed by atoms with Crippen molar-refractivity contribution in [2.24, 2.45) is 11.7 Å². The molecule has 0 saturated carbocycles. The Morgan fingerprint density at radius 3 is 2.74 bits per heavy atom. The minimum absolute atomic E-state index is 0.0310. The van der Waals surface area contributed by atoms with E-state index in [1.165, 1.54) is 6.07 Å². The fraction of sp³-hybridized carbons (Fsp3) is 0.333. The lowest BCUT2D eigenvalue weighted by atomic mass is 9.98. The first kappa shape index (κ1) is 25.5. The van der Waals surface area contributed by atoms with Crippen LogP contribution in [0.1, 0.15) is 18.4 Å². The number of nitrogens with two attached hydrogens (primary N) is 1. The third-order valence-electron chi connectivity index (χ3n) is 6.26. The number of fused-ring (bicyclic) bond motifs is 1. The highest BCUT2D eigenvalue weighted by molar-refractivity contribution is 14.1. The second-order valence-electron chi connectivity index (χ2n) is 8.75. The fourth-order valence-electron chi connectivity index (χ4n) is 4.44. The normalized spacial score (nSPS) is 17.3. The molecule has 1 aliphatic rings. The van der Waals surface area contributed by atoms with E-state index in [-0.39, 0.29) is 29.1 Å². The molecule has 9 nitrogen and oxygen atoms in total. The Labute approximate surface area is 218 Å². The third-order valence-corrected chi connectivity index (χ3v) is 9.10. The van der Waals surface area contributed by atoms with Crippen LogP contribution >= 0.6 is 22.6 Å². The topological polar surface area (TPSA) is 144 Å². The molecule has 1 saturated heterocycles. The molecule has 2 atom stereocenters. The third kappa shape index (κ3) is 6.14. The molecule has 2 heterocycles. The van der Waals surface area contributed by atoms with Gasteiger partial charge < -0.3 is 20.9 Å². The molecule has 4 rings (SSSR count). The Morgan fingerprint density at radius 1 is 1.23 bits per heavy atom. The van der Waals surface area contributed by atoms with Gasteiger partial charge >= 0.3 is 0 Å². The zero-order valence-electron chi connectivity index (χ0n) is 19.1. The maximum absolute atomic E-state index is 13.3. The number of guanidine groups is 1. The molecule has 0 radical (unpaired) electrons. The average molecular weight is 609 g/mol. The Kier molecular flexibility index (Phi) is 7.97. The van der Waals surface area contributed by atoms with Gasteiger partial charge in [-0.2, -0.15) is 4.72 Å². The predicted octanol–water partition coefficient (Wildman–Crippen LogP) is 2.38. The smallest absolute Gasteiger partial charge is 0.242 e. The number of aromatic nitrogens is 1. The number of halogens is 1. The number of H-pyrrole nitrogens is 1. The van der Waals surface area contributed by atoms with Crippen LogP contribution in [0, 0.1) is 14.9 Å². The molecule has 2 unspecified atom stereocenters. The van der Waals surface area contributed by atoms with Gasteiger partial charge in [-0.1, -0.05) is 30.3 Å². The van der Waals surface area contributed by atoms with Gasteiger partial charge in [0, 0.05) is 40.3 Å². The Hall–Kier alpha value is -2.64. The summed E-state index contributed by atoms with van der Waals surface area (Å²) in [6, 6.07) is 13.4. The molecule has 1 aromatic heterocycles. The number of nitrogens with zero attached hydrogens (tertiary/aromatic N) is 1. The zero-order chi connectivity index (χ0) is 25.0. The molecule has 35 heavy (non-hydrogen) atoms. The number of carbonyl (C=O) groups is 1. The molecule has 0 spiro atoms. The summed E-state index contributed by atoms with van der Waals surface area (Å²) < 4.78 is 29.7. The Bertz CT molecular complexity index is 1330. The van der Waals surface area contributed by atoms with E-state index in [9.17, 15) is 13.2 Å². The number of amides is 1. The number of nitrogens with one attached hydrogen (secondary N) is 4. The summed E-state index contributed by atoms with van der Waals surface area (Å²) in [6.07, 6.45) is 3.81. The molecular weight excluding hydrogens is 579 g/mol. The quantitative estimate of drug-likeness (QED) is 0.152. The summed E-state index contributed by atoms with van der Waals surface area (Å²) in [7, 11) is -3.94. The zero-order valence-corrected chi connectivity index (χ0v) is 22.1. The van der Waals surface area contributed by atoms with Crippen molar-refractivity contribution < 1.29 is 13.2 Å². The molecule has 0 bridgehead atoms. The molecule has 186 valence electrons. The van der Waals surface area contributed by atoms with Crippen molar-refractivity contribution in [1.29, 1.82) is 5.41 Å². The predicted molar refractivity (Wildman–Crippen MR) is 144 cm³/mol. The lowest BCUT2D eigenvalue weighted by molar-refractivity contribution is -0.122. The highest BCUT2D eigenvalue weighted by Crippen LogP contribution is 2.22. The molecule has 1 amide bonds. The van der Waals surface area contributed by atoms with Gasteiger partial charge in [0.25, 0.3) is 0 Å². The molecule has 1 aliphatic heterocycles. The van der Waals surface area contributed by atoms with Crippen LogP contribution in [0.15, 0.2) is 59.6 Å². The summed E-state index contributed by atoms with van der Waals surface area (Å²) in [5.74, 6) is -0.217. The highest BCUT2D eigenvalue weighted by Gasteiger charge is 2.29. The van der Waals surface area contributed by atoms with E-state index in [0.717, 1.165) is 35.9 Å². The summed E-state index contributed by atoms with van der Waals surface area (Å²) in [5, 5.41) is 11.6. The van der Waals surface area contributed by atoms with Crippen LogP contribution in [-0.4, -0.2) is 55.8 Å². The summed E-state index contributed by atoms with van der Waals surface area (Å²) >= 11 is 1.98. The SMILES string of the molecule is N=C(N)N1CCCC(CNC(=O)C(Cc2c[nH]c3ccccc23)NS(=O)(=O)c2ccccc2I)C1. The highest BCUT2D eigenvalue weighted by atomic mass is 127. The van der Waals surface area contributed by atoms with Gasteiger partial charge in [0.15, 0.2) is 5.96 Å². The number of para-hydroxylation sites is 1. The number of piperidine rings is 1. The van der Waals surface area contributed by atoms with Gasteiger partial charge in [-0.15, -0.1) is 0 Å². The van der Waals surface area contributed by atoms with Crippen LogP contribution < -0.4 is 15.8 Å². The molecule has 1 fully saturated rings. The number of likely N-dealkylation sites (tertiary alicyclic amines) is 1. The van der Waals surface area contributed by atoms with Crippen LogP contribution in [0.5, 0.6) is 0 Å². The number of benzene rings is 2. The van der Waals surface area contributed by atoms with E-state index in [4.69, 9.17) is 11.1 Å². The van der Waals surface area contributed by atoms with Crippen LogP contribution in [0.25, 0.3) is 10.9 Å². The maximum atomic E-state index is 13.3. The maximum Gasteiger partial charge on any atom is 0.242 e. The summed E-state index contributed by atoms with van der Waals surface area (Å²) in [4.78, 5) is 18.5. The number of hydrogen-bond acceptors (Lipinski definition) is 4. The van der Waals surface area contributed by atoms with E-state index in [1.807, 2.05) is 53.1 Å². The number of sulfonamides is 1. The second-order valence-corrected chi connectivity index (χ2v) is 11.6. The van der Waals surface area contributed by atoms with Gasteiger partial charge in [-0.3, -0.25) is 10.2 Å². The minimum Gasteiger partial charge on any atom is -0.370 e. The number of rotatable bonds is 8. The fourth-order valence-corrected chi connectivity index (χ4v) is 6.97. The summed E-state index contributed by atoms with van der Waals surface area (Å²) in [5.41, 5.74) is 7.41. The first-order chi connectivity index (χ1) is 16.7. The van der Waals surface area contributed by atoms with Gasteiger partial charge in [0.2, 0.25) is 15.9 Å². The van der Waals surface area contributed by atoms with E-state index < -0.39 is 16.1 Å². The molecule has 11 heteroatoms. The van der Waals surface area contributed by atoms with E-state index >= 15 is 0 Å². The molecule has 6 N–H and O–H groups in total. The monoisotopic (exact) mass is 608 g/mol. The van der Waals surface area contributed by atoms with Crippen molar-refractivity contribution in [2.75, 3.05) is 19.6 Å². The average Bonchev–Trinajstić information content (AvgIpc) is 3.25. The first-order valence-electron chi connectivity index (χ1n) is 11.4. The standard InChI is InChI=1S/C24H29IN6O3S/c25-19-8-2-4-10-22(19)35(33,34)30-21(12-17-14-28-20-9-3-1-7-18(17)20)23(32)29-13-16-6-5-11-31(15-16)24(26)27/h1-4,7-10,14,16,21,28,30H,5-6,11-13,15H2,(H3,26,27)(H,29,32). The molecule has 0 aliphatic carbocycles. The number of hydrogen-bond donors (Lipinski definition) is 5. The van der Waals surface area contributed by atoms with E-state index in [1.54, 1.807) is 23.1 Å². The van der Waals surface area contributed by atoms with E-state index in [0.29, 0.717) is 16.7 Å². The van der Waals surface area contributed by atoms with Crippen molar-refractivity contribution in [3.63, 3.8) is 0 Å². The number of aromatic amines is 1. The van der Waals surface area contributed by atoms with Gasteiger partial charge in [-0.05, 0) is 71.5 Å². The van der Waals surface area contributed by atoms with Crippen molar-refractivity contribution in [3.05, 3.63) is 63.9 Å². The second kappa shape index (κ2) is 11.0. The minimum atomic E-state index is -3.94. The lowest BCUT2D eigenvalue weighted by Gasteiger charge is -2.33. The van der Waals surface area contributed by atoms with Crippen molar-refractivity contribution >= 4 is 55.4 Å². The van der Waals surface area contributed by atoms with Crippen molar-refractivity contribution in [2.45, 2.75) is 30.2 Å². The Balaban J connectivity index is 1.54. The van der Waals surface area contributed by atoms with E-state index in [2.05, 4.69) is 15.0 Å². The van der Waals surface area contributed by atoms with Crippen molar-refractivity contribution in [3.8, 4) is 0 Å². The van der Waals surface area contributed by atoms with Crippen LogP contribution in [-0.2, 0) is 21.2 Å². The van der Waals surface area contributed by atoms with Crippen LogP contribution in [0.3, 0.4) is 0 Å². The molecular formula is C24H29IN6O3S. The van der Waals surface area contributed by atoms with Gasteiger partial charge in [0.05, 0.1) is 4.90 Å². The van der Waals surface area contributed by atoms with Gasteiger partial charge in [-0.25, -0.2) is 8.42 Å². The van der Waals surface area contributed by atoms with Crippen LogP contribution in [0.4, 0.5) is 0 Å². The first-order valence-corrected chi connectivity index (χ1v) is 14.0. The van der Waals surface area contributed by atoms with Crippen LogP contribution in [0.2, 0.25) is 0 Å². The molecule has 3 aromatic rings. The largest absolute Gasteiger partial charge is 0.370 e. The lowest BCUT2D eigenvalue weighted by Crippen LogP contribution is -2.51. The van der Waals surface area contributed by atoms with Crippen molar-refractivity contribution in [1.82, 2.24) is 19.9 Å².